The summed E-state index contributed by atoms with van der Waals surface area (Å²) in [5.41, 5.74) is 12.9. The highest BCUT2D eigenvalue weighted by Gasteiger charge is 2.20. The second-order valence-corrected chi connectivity index (χ2v) is 17.5. The van der Waals surface area contributed by atoms with Gasteiger partial charge in [-0.25, -0.2) is 0 Å². The molecule has 0 radical (unpaired) electrons. The number of fused-ring (bicyclic) bond motifs is 3. The van der Waals surface area contributed by atoms with Gasteiger partial charge in [-0.1, -0.05) is 146 Å². The fraction of sp³-hybridized carbons (Fsp3) is 0. The van der Waals surface area contributed by atoms with Gasteiger partial charge in [-0.15, -0.1) is 0 Å². The maximum absolute atomic E-state index is 2.35. The zero-order chi connectivity index (χ0) is 46.6. The predicted octanol–water partition coefficient (Wildman–Crippen LogP) is 19.0. The van der Waals surface area contributed by atoms with Crippen LogP contribution in [-0.4, -0.2) is 0 Å². The first-order valence-electron chi connectivity index (χ1n) is 23.8. The molecule has 70 heavy (non-hydrogen) atoms. The lowest BCUT2D eigenvalue weighted by molar-refractivity contribution is 1.24. The highest BCUT2D eigenvalue weighted by Crippen LogP contribution is 2.44. The molecular weight excluding hydrogens is 849 g/mol. The lowest BCUT2D eigenvalue weighted by Gasteiger charge is -2.30. The van der Waals surface area contributed by atoms with Gasteiger partial charge in [0.1, 0.15) is 0 Å². The van der Waals surface area contributed by atoms with Crippen LogP contribution >= 0.6 is 0 Å². The van der Waals surface area contributed by atoms with E-state index in [0.717, 1.165) is 68.2 Å². The Bertz CT molecular complexity index is 3310. The first-order valence-corrected chi connectivity index (χ1v) is 23.8. The highest BCUT2D eigenvalue weighted by molar-refractivity contribution is 5.93. The molecule has 0 aliphatic carbocycles. The molecule has 0 saturated carbocycles. The van der Waals surface area contributed by atoms with Crippen molar-refractivity contribution in [3.63, 3.8) is 0 Å². The third kappa shape index (κ3) is 8.36. The van der Waals surface area contributed by atoms with E-state index in [9.17, 15) is 0 Å². The zero-order valence-electron chi connectivity index (χ0n) is 38.5. The molecule has 0 N–H and O–H groups in total. The monoisotopic (exact) mass is 896 g/mol. The van der Waals surface area contributed by atoms with Gasteiger partial charge < -0.3 is 19.6 Å². The van der Waals surface area contributed by atoms with E-state index in [4.69, 9.17) is 0 Å². The van der Waals surface area contributed by atoms with Gasteiger partial charge >= 0.3 is 0 Å². The SMILES string of the molecule is c1ccc(N(c2ccc(N(c3ccc(N(c4ccccc4)c4ccc5ccccc5c4)cc3)c3ccc(N(c4ccccc4)c4ccc5ccccc5c4)cc3)cc2)c2ccc3ccccc3c2)cc1. The average Bonchev–Trinajstić information content (AvgIpc) is 3.43. The lowest BCUT2D eigenvalue weighted by Crippen LogP contribution is -2.14. The van der Waals surface area contributed by atoms with Crippen LogP contribution in [0.2, 0.25) is 0 Å². The minimum atomic E-state index is 1.04. The molecule has 4 nitrogen and oxygen atoms in total. The van der Waals surface area contributed by atoms with Crippen LogP contribution < -0.4 is 19.6 Å². The molecule has 0 aliphatic rings. The van der Waals surface area contributed by atoms with E-state index >= 15 is 0 Å². The molecule has 0 heterocycles. The van der Waals surface area contributed by atoms with Crippen LogP contribution in [0.25, 0.3) is 32.3 Å². The predicted molar refractivity (Wildman–Crippen MR) is 298 cm³/mol. The quantitative estimate of drug-likeness (QED) is 0.121. The second kappa shape index (κ2) is 18.7. The lowest BCUT2D eigenvalue weighted by atomic mass is 10.1. The van der Waals surface area contributed by atoms with Crippen molar-refractivity contribution < 1.29 is 0 Å². The van der Waals surface area contributed by atoms with Crippen molar-refractivity contribution in [2.24, 2.45) is 0 Å². The van der Waals surface area contributed by atoms with Crippen LogP contribution in [0.15, 0.2) is 291 Å². The Morgan fingerprint density at radius 2 is 0.300 bits per heavy atom. The van der Waals surface area contributed by atoms with Gasteiger partial charge in [0, 0.05) is 68.2 Å². The fourth-order valence-electron chi connectivity index (χ4n) is 9.72. The largest absolute Gasteiger partial charge is 0.310 e. The molecule has 12 aromatic carbocycles. The molecule has 0 amide bonds. The molecule has 332 valence electrons. The maximum atomic E-state index is 2.35. The Kier molecular flexibility index (Phi) is 11.2. The molecular formula is C66H48N4. The van der Waals surface area contributed by atoms with Crippen LogP contribution in [0.4, 0.5) is 68.2 Å². The molecule has 0 aromatic heterocycles. The summed E-state index contributed by atoms with van der Waals surface area (Å²) in [7, 11) is 0. The topological polar surface area (TPSA) is 13.0 Å². The number of benzene rings is 12. The summed E-state index contributed by atoms with van der Waals surface area (Å²) in [4.78, 5) is 9.35. The first-order chi connectivity index (χ1) is 34.7. The summed E-state index contributed by atoms with van der Waals surface area (Å²) in [6.07, 6.45) is 0. The number of hydrogen-bond donors (Lipinski definition) is 0. The molecule has 0 saturated heterocycles. The van der Waals surface area contributed by atoms with E-state index in [-0.39, 0.29) is 0 Å². The number of nitrogens with zero attached hydrogens (tertiary/aromatic N) is 4. The number of rotatable bonds is 12. The normalized spacial score (nSPS) is 11.1. The van der Waals surface area contributed by atoms with Crippen molar-refractivity contribution >= 4 is 101 Å². The smallest absolute Gasteiger partial charge is 0.0468 e. The third-order valence-electron chi connectivity index (χ3n) is 13.1. The van der Waals surface area contributed by atoms with E-state index in [2.05, 4.69) is 311 Å². The molecule has 0 bridgehead atoms. The number of para-hydroxylation sites is 3. The maximum Gasteiger partial charge on any atom is 0.0468 e. The summed E-state index contributed by atoms with van der Waals surface area (Å²) in [5.74, 6) is 0. The van der Waals surface area contributed by atoms with Crippen molar-refractivity contribution in [1.29, 1.82) is 0 Å². The standard InChI is InChI=1S/C66H48N4/c1-4-22-55(23-5-1)68(64-31-28-49-16-10-13-19-52(49)46-64)61-40-34-58(35-41-61)67(59-36-42-62(43-37-59)69(56-24-6-2-7-25-56)65-32-29-50-17-11-14-20-53(50)47-65)60-38-44-63(45-39-60)70(57-26-8-3-9-27-57)66-33-30-51-18-12-15-21-54(51)48-66/h1-48H. The Hall–Kier alpha value is -9.38. The van der Waals surface area contributed by atoms with Crippen molar-refractivity contribution in [3.8, 4) is 0 Å². The minimum Gasteiger partial charge on any atom is -0.310 e. The average molecular weight is 897 g/mol. The molecule has 0 atom stereocenters. The van der Waals surface area contributed by atoms with Crippen LogP contribution in [-0.2, 0) is 0 Å². The van der Waals surface area contributed by atoms with Gasteiger partial charge in [-0.3, -0.25) is 0 Å². The van der Waals surface area contributed by atoms with E-state index in [1.54, 1.807) is 0 Å². The highest BCUT2D eigenvalue weighted by atomic mass is 15.2. The summed E-state index contributed by atoms with van der Waals surface area (Å²) in [5, 5.41) is 7.26. The van der Waals surface area contributed by atoms with Crippen molar-refractivity contribution in [2.75, 3.05) is 19.6 Å². The molecule has 0 aliphatic heterocycles. The van der Waals surface area contributed by atoms with Gasteiger partial charge in [0.2, 0.25) is 0 Å². The second-order valence-electron chi connectivity index (χ2n) is 17.5. The van der Waals surface area contributed by atoms with E-state index < -0.39 is 0 Å². The molecule has 4 heteroatoms. The van der Waals surface area contributed by atoms with Crippen molar-refractivity contribution in [1.82, 2.24) is 0 Å². The summed E-state index contributed by atoms with van der Waals surface area (Å²) in [6.45, 7) is 0. The molecule has 12 aromatic rings. The van der Waals surface area contributed by atoms with Crippen LogP contribution in [0, 0.1) is 0 Å². The first kappa shape index (κ1) is 42.0. The van der Waals surface area contributed by atoms with Gasteiger partial charge in [0.25, 0.3) is 0 Å². The Balaban J connectivity index is 0.961. The Morgan fingerprint density at radius 1 is 0.129 bits per heavy atom. The zero-order valence-corrected chi connectivity index (χ0v) is 38.5. The van der Waals surface area contributed by atoms with E-state index in [1.165, 1.54) is 32.3 Å². The summed E-state index contributed by atoms with van der Waals surface area (Å²) >= 11 is 0. The molecule has 12 rings (SSSR count). The van der Waals surface area contributed by atoms with Crippen LogP contribution in [0.3, 0.4) is 0 Å². The fourth-order valence-corrected chi connectivity index (χ4v) is 9.72. The van der Waals surface area contributed by atoms with Crippen molar-refractivity contribution in [2.45, 2.75) is 0 Å². The van der Waals surface area contributed by atoms with Gasteiger partial charge in [0.05, 0.1) is 0 Å². The van der Waals surface area contributed by atoms with Gasteiger partial charge in [-0.2, -0.15) is 0 Å². The molecule has 0 unspecified atom stereocenters. The minimum absolute atomic E-state index is 1.04. The van der Waals surface area contributed by atoms with E-state index in [0.29, 0.717) is 0 Å². The number of anilines is 12. The Morgan fingerprint density at radius 3 is 0.543 bits per heavy atom. The number of hydrogen-bond acceptors (Lipinski definition) is 4. The molecule has 0 fully saturated rings. The molecule has 0 spiro atoms. The Labute approximate surface area is 409 Å². The third-order valence-corrected chi connectivity index (χ3v) is 13.1. The van der Waals surface area contributed by atoms with Gasteiger partial charge in [0.15, 0.2) is 0 Å². The summed E-state index contributed by atoms with van der Waals surface area (Å²) < 4.78 is 0. The van der Waals surface area contributed by atoms with Gasteiger partial charge in [-0.05, 0) is 178 Å². The summed E-state index contributed by atoms with van der Waals surface area (Å²) in [6, 6.07) is 104. The van der Waals surface area contributed by atoms with E-state index in [1.807, 2.05) is 0 Å². The van der Waals surface area contributed by atoms with Crippen molar-refractivity contribution in [3.05, 3.63) is 291 Å². The van der Waals surface area contributed by atoms with Crippen LogP contribution in [0.1, 0.15) is 0 Å². The van der Waals surface area contributed by atoms with Crippen LogP contribution in [0.5, 0.6) is 0 Å².